The standard InChI is InChI=1S/C13H21N3.ClH/c1-11-4-7-16(13(8-11)9-14)10-12-2-5-15-6-3-12;/h2-3,5-6,11,13H,4,7-10,14H2,1H3;1H. The largest absolute Gasteiger partial charge is 0.329 e. The minimum Gasteiger partial charge on any atom is -0.329 e. The Labute approximate surface area is 110 Å². The van der Waals surface area contributed by atoms with Crippen molar-refractivity contribution in [3.63, 3.8) is 0 Å². The molecule has 0 radical (unpaired) electrons. The number of piperidine rings is 1. The number of likely N-dealkylation sites (tertiary alicyclic amines) is 1. The molecule has 0 amide bonds. The first-order chi connectivity index (χ1) is 7.79. The van der Waals surface area contributed by atoms with Crippen molar-refractivity contribution in [3.05, 3.63) is 30.1 Å². The highest BCUT2D eigenvalue weighted by Crippen LogP contribution is 2.23. The van der Waals surface area contributed by atoms with Gasteiger partial charge in [-0.1, -0.05) is 6.92 Å². The van der Waals surface area contributed by atoms with Crippen molar-refractivity contribution in [2.24, 2.45) is 11.7 Å². The van der Waals surface area contributed by atoms with Crippen molar-refractivity contribution in [1.82, 2.24) is 9.88 Å². The van der Waals surface area contributed by atoms with Crippen LogP contribution in [0.4, 0.5) is 0 Å². The summed E-state index contributed by atoms with van der Waals surface area (Å²) < 4.78 is 0. The molecule has 1 aliphatic rings. The summed E-state index contributed by atoms with van der Waals surface area (Å²) in [5.41, 5.74) is 7.19. The maximum absolute atomic E-state index is 5.86. The molecule has 0 bridgehead atoms. The van der Waals surface area contributed by atoms with Gasteiger partial charge in [0.2, 0.25) is 0 Å². The van der Waals surface area contributed by atoms with Crippen molar-refractivity contribution in [1.29, 1.82) is 0 Å². The predicted molar refractivity (Wildman–Crippen MR) is 73.1 cm³/mol. The molecule has 0 spiro atoms. The summed E-state index contributed by atoms with van der Waals surface area (Å²) in [6.45, 7) is 5.28. The molecule has 1 fully saturated rings. The summed E-state index contributed by atoms with van der Waals surface area (Å²) in [7, 11) is 0. The van der Waals surface area contributed by atoms with Gasteiger partial charge in [0.05, 0.1) is 0 Å². The average molecular weight is 256 g/mol. The molecule has 1 saturated heterocycles. The van der Waals surface area contributed by atoms with Gasteiger partial charge in [-0.2, -0.15) is 0 Å². The van der Waals surface area contributed by atoms with Gasteiger partial charge in [-0.05, 0) is 43.0 Å². The minimum absolute atomic E-state index is 0. The van der Waals surface area contributed by atoms with Gasteiger partial charge in [-0.25, -0.2) is 0 Å². The highest BCUT2D eigenvalue weighted by atomic mass is 35.5. The first-order valence-electron chi connectivity index (χ1n) is 6.12. The molecule has 2 atom stereocenters. The van der Waals surface area contributed by atoms with E-state index >= 15 is 0 Å². The number of pyridine rings is 1. The number of hydrogen-bond donors (Lipinski definition) is 1. The van der Waals surface area contributed by atoms with E-state index in [-0.39, 0.29) is 12.4 Å². The van der Waals surface area contributed by atoms with Gasteiger partial charge in [0.1, 0.15) is 0 Å². The zero-order valence-corrected chi connectivity index (χ0v) is 11.2. The fourth-order valence-corrected chi connectivity index (χ4v) is 2.48. The Balaban J connectivity index is 0.00000144. The van der Waals surface area contributed by atoms with E-state index in [1.807, 2.05) is 12.4 Å². The molecule has 0 saturated carbocycles. The number of nitrogens with two attached hydrogens (primary N) is 1. The first kappa shape index (κ1) is 14.4. The van der Waals surface area contributed by atoms with E-state index in [1.54, 1.807) is 0 Å². The Morgan fingerprint density at radius 2 is 2.12 bits per heavy atom. The molecular weight excluding hydrogens is 234 g/mol. The zero-order valence-electron chi connectivity index (χ0n) is 10.4. The molecule has 1 aliphatic heterocycles. The van der Waals surface area contributed by atoms with Crippen LogP contribution in [0.15, 0.2) is 24.5 Å². The molecule has 2 heterocycles. The van der Waals surface area contributed by atoms with Crippen molar-refractivity contribution >= 4 is 12.4 Å². The fourth-order valence-electron chi connectivity index (χ4n) is 2.48. The second kappa shape index (κ2) is 6.94. The lowest BCUT2D eigenvalue weighted by atomic mass is 9.92. The van der Waals surface area contributed by atoms with E-state index in [4.69, 9.17) is 5.73 Å². The van der Waals surface area contributed by atoms with Crippen molar-refractivity contribution < 1.29 is 0 Å². The molecule has 96 valence electrons. The number of halogens is 1. The Morgan fingerprint density at radius 3 is 2.76 bits per heavy atom. The van der Waals surface area contributed by atoms with Crippen LogP contribution in [-0.4, -0.2) is 29.0 Å². The smallest absolute Gasteiger partial charge is 0.0271 e. The molecule has 3 nitrogen and oxygen atoms in total. The summed E-state index contributed by atoms with van der Waals surface area (Å²) in [6.07, 6.45) is 6.25. The van der Waals surface area contributed by atoms with Crippen LogP contribution in [0.1, 0.15) is 25.3 Å². The van der Waals surface area contributed by atoms with Gasteiger partial charge in [0.15, 0.2) is 0 Å². The van der Waals surface area contributed by atoms with Crippen LogP contribution in [0, 0.1) is 5.92 Å². The molecule has 4 heteroatoms. The monoisotopic (exact) mass is 255 g/mol. The Bertz CT molecular complexity index is 318. The summed E-state index contributed by atoms with van der Waals surface area (Å²) in [4.78, 5) is 6.56. The Morgan fingerprint density at radius 1 is 1.41 bits per heavy atom. The van der Waals surface area contributed by atoms with Gasteiger partial charge < -0.3 is 5.73 Å². The van der Waals surface area contributed by atoms with E-state index in [0.29, 0.717) is 6.04 Å². The molecule has 2 rings (SSSR count). The van der Waals surface area contributed by atoms with E-state index in [1.165, 1.54) is 24.9 Å². The Hall–Kier alpha value is -0.640. The summed E-state index contributed by atoms with van der Waals surface area (Å²) in [5, 5.41) is 0. The lowest BCUT2D eigenvalue weighted by molar-refractivity contribution is 0.115. The van der Waals surface area contributed by atoms with Gasteiger partial charge in [-0.3, -0.25) is 9.88 Å². The van der Waals surface area contributed by atoms with E-state index in [9.17, 15) is 0 Å². The van der Waals surface area contributed by atoms with Crippen molar-refractivity contribution in [3.8, 4) is 0 Å². The highest BCUT2D eigenvalue weighted by molar-refractivity contribution is 5.85. The van der Waals surface area contributed by atoms with Crippen molar-refractivity contribution in [2.75, 3.05) is 13.1 Å². The number of aromatic nitrogens is 1. The number of rotatable bonds is 3. The highest BCUT2D eigenvalue weighted by Gasteiger charge is 2.24. The molecule has 2 N–H and O–H groups in total. The van der Waals surface area contributed by atoms with Crippen LogP contribution < -0.4 is 5.73 Å². The fraction of sp³-hybridized carbons (Fsp3) is 0.615. The third-order valence-electron chi connectivity index (χ3n) is 3.51. The van der Waals surface area contributed by atoms with Gasteiger partial charge >= 0.3 is 0 Å². The average Bonchev–Trinajstić information content (AvgIpc) is 2.33. The maximum Gasteiger partial charge on any atom is 0.0271 e. The van der Waals surface area contributed by atoms with Crippen LogP contribution in [0.25, 0.3) is 0 Å². The normalized spacial score (nSPS) is 25.3. The van der Waals surface area contributed by atoms with Gasteiger partial charge in [0.25, 0.3) is 0 Å². The molecule has 0 aromatic carbocycles. The van der Waals surface area contributed by atoms with Crippen molar-refractivity contribution in [2.45, 2.75) is 32.4 Å². The molecule has 0 aliphatic carbocycles. The van der Waals surface area contributed by atoms with Crippen LogP contribution in [0.3, 0.4) is 0 Å². The number of nitrogens with zero attached hydrogens (tertiary/aromatic N) is 2. The molecular formula is C13H22ClN3. The summed E-state index contributed by atoms with van der Waals surface area (Å²) in [5.74, 6) is 0.822. The molecule has 1 aromatic rings. The van der Waals surface area contributed by atoms with Crippen LogP contribution in [0.5, 0.6) is 0 Å². The molecule has 17 heavy (non-hydrogen) atoms. The van der Waals surface area contributed by atoms with E-state index < -0.39 is 0 Å². The van der Waals surface area contributed by atoms with E-state index in [0.717, 1.165) is 19.0 Å². The topological polar surface area (TPSA) is 42.2 Å². The lowest BCUT2D eigenvalue weighted by Crippen LogP contribution is -2.45. The molecule has 1 aromatic heterocycles. The second-order valence-corrected chi connectivity index (χ2v) is 4.85. The summed E-state index contributed by atoms with van der Waals surface area (Å²) >= 11 is 0. The quantitative estimate of drug-likeness (QED) is 0.899. The third-order valence-corrected chi connectivity index (χ3v) is 3.51. The second-order valence-electron chi connectivity index (χ2n) is 4.85. The van der Waals surface area contributed by atoms with E-state index in [2.05, 4.69) is 28.9 Å². The Kier molecular flexibility index (Phi) is 5.89. The predicted octanol–water partition coefficient (Wildman–Crippen LogP) is 2.06. The third kappa shape index (κ3) is 3.95. The molecule has 2 unspecified atom stereocenters. The van der Waals surface area contributed by atoms with Crippen LogP contribution in [-0.2, 0) is 6.54 Å². The van der Waals surface area contributed by atoms with Crippen LogP contribution in [0.2, 0.25) is 0 Å². The zero-order chi connectivity index (χ0) is 11.4. The first-order valence-corrected chi connectivity index (χ1v) is 6.12. The van der Waals surface area contributed by atoms with Gasteiger partial charge in [-0.15, -0.1) is 12.4 Å². The van der Waals surface area contributed by atoms with Gasteiger partial charge in [0, 0.05) is 31.5 Å². The maximum atomic E-state index is 5.86. The minimum atomic E-state index is 0. The SMILES string of the molecule is CC1CCN(Cc2ccncc2)C(CN)C1.Cl. The van der Waals surface area contributed by atoms with Crippen LogP contribution >= 0.6 is 12.4 Å². The number of hydrogen-bond acceptors (Lipinski definition) is 3. The lowest BCUT2D eigenvalue weighted by Gasteiger charge is -2.38. The summed E-state index contributed by atoms with van der Waals surface area (Å²) in [6, 6.07) is 4.73.